The van der Waals surface area contributed by atoms with E-state index < -0.39 is 11.8 Å². The van der Waals surface area contributed by atoms with Gasteiger partial charge in [0.25, 0.3) is 0 Å². The first-order valence-electron chi connectivity index (χ1n) is 8.04. The van der Waals surface area contributed by atoms with Gasteiger partial charge in [-0.2, -0.15) is 0 Å². The number of benzene rings is 2. The number of hydrogen-bond donors (Lipinski definition) is 0. The van der Waals surface area contributed by atoms with Crippen LogP contribution in [0.4, 0.5) is 4.79 Å². The van der Waals surface area contributed by atoms with Crippen molar-refractivity contribution in [3.8, 4) is 5.75 Å². The van der Waals surface area contributed by atoms with Gasteiger partial charge in [0.1, 0.15) is 22.9 Å². The van der Waals surface area contributed by atoms with Crippen LogP contribution in [-0.2, 0) is 15.6 Å². The Morgan fingerprint density at radius 1 is 1.00 bits per heavy atom. The summed E-state index contributed by atoms with van der Waals surface area (Å²) >= 11 is 0. The molecular weight excluding hydrogens is 308 g/mol. The number of fused-ring (bicyclic) bond motifs is 1. The third-order valence-electron chi connectivity index (χ3n) is 3.77. The summed E-state index contributed by atoms with van der Waals surface area (Å²) in [4.78, 5) is 13.4. The highest BCUT2D eigenvalue weighted by Gasteiger charge is 2.29. The van der Waals surface area contributed by atoms with Crippen molar-refractivity contribution in [1.29, 1.82) is 0 Å². The van der Waals surface area contributed by atoms with Crippen LogP contribution in [0.25, 0.3) is 10.8 Å². The summed E-state index contributed by atoms with van der Waals surface area (Å²) in [6.07, 6.45) is 1.97. The predicted molar refractivity (Wildman–Crippen MR) is 95.4 cm³/mol. The second-order valence-corrected chi connectivity index (χ2v) is 9.02. The topological polar surface area (TPSA) is 35.5 Å². The number of carbonyl (C=O) groups excluding carboxylic acids is 1. The van der Waals surface area contributed by atoms with E-state index in [0.29, 0.717) is 16.6 Å². The molecule has 0 aromatic heterocycles. The first kappa shape index (κ1) is 16.2. The van der Waals surface area contributed by atoms with Gasteiger partial charge in [-0.3, -0.25) is 0 Å². The summed E-state index contributed by atoms with van der Waals surface area (Å²) in [5, 5.41) is 2.18. The lowest BCUT2D eigenvalue weighted by Gasteiger charge is -2.19. The van der Waals surface area contributed by atoms with Crippen molar-refractivity contribution in [3.05, 3.63) is 36.4 Å². The van der Waals surface area contributed by atoms with Gasteiger partial charge in [-0.1, -0.05) is 18.2 Å². The molecule has 122 valence electrons. The van der Waals surface area contributed by atoms with Crippen molar-refractivity contribution >= 4 is 27.8 Å². The van der Waals surface area contributed by atoms with E-state index in [4.69, 9.17) is 9.47 Å². The molecule has 0 aliphatic carbocycles. The molecule has 0 bridgehead atoms. The fourth-order valence-corrected chi connectivity index (χ4v) is 5.32. The fourth-order valence-electron chi connectivity index (χ4n) is 2.82. The Labute approximate surface area is 140 Å². The van der Waals surface area contributed by atoms with E-state index in [0.717, 1.165) is 5.39 Å². The number of rotatable bonds is 2. The third kappa shape index (κ3) is 3.81. The van der Waals surface area contributed by atoms with Gasteiger partial charge in [-0.05, 0) is 51.8 Å². The van der Waals surface area contributed by atoms with Crippen molar-refractivity contribution in [3.63, 3.8) is 0 Å². The summed E-state index contributed by atoms with van der Waals surface area (Å²) in [6.45, 7) is 5.49. The standard InChI is InChI=1S/C19H23O3S/c1-19(2,3)22-18(20)21-16-10-11-17(23-12-6-7-13-23)15-9-5-4-8-14(15)16/h4-5,8-11H,6-7,12-13H2,1-3H3/q+1. The molecule has 1 fully saturated rings. The molecule has 2 aromatic rings. The van der Waals surface area contributed by atoms with E-state index in [1.165, 1.54) is 34.6 Å². The highest BCUT2D eigenvalue weighted by Crippen LogP contribution is 2.34. The van der Waals surface area contributed by atoms with Crippen LogP contribution in [0, 0.1) is 0 Å². The number of carbonyl (C=O) groups is 1. The molecule has 0 N–H and O–H groups in total. The van der Waals surface area contributed by atoms with Crippen molar-refractivity contribution < 1.29 is 14.3 Å². The second-order valence-electron chi connectivity index (χ2n) is 6.78. The molecule has 0 spiro atoms. The molecule has 1 aliphatic heterocycles. The van der Waals surface area contributed by atoms with Crippen molar-refractivity contribution in [2.45, 2.75) is 44.1 Å². The van der Waals surface area contributed by atoms with Gasteiger partial charge in [0.05, 0.1) is 0 Å². The van der Waals surface area contributed by atoms with Gasteiger partial charge in [0.2, 0.25) is 0 Å². The molecule has 3 nitrogen and oxygen atoms in total. The van der Waals surface area contributed by atoms with Gasteiger partial charge in [-0.15, -0.1) is 0 Å². The Morgan fingerprint density at radius 2 is 1.65 bits per heavy atom. The van der Waals surface area contributed by atoms with Gasteiger partial charge < -0.3 is 9.47 Å². The fraction of sp³-hybridized carbons (Fsp3) is 0.421. The Kier molecular flexibility index (Phi) is 4.53. The maximum atomic E-state index is 12.0. The van der Waals surface area contributed by atoms with E-state index in [1.54, 1.807) is 0 Å². The van der Waals surface area contributed by atoms with E-state index in [-0.39, 0.29) is 0 Å². The van der Waals surface area contributed by atoms with Gasteiger partial charge in [0, 0.05) is 21.7 Å². The molecule has 23 heavy (non-hydrogen) atoms. The molecule has 3 rings (SSSR count). The normalized spacial score (nSPS) is 15.8. The first-order chi connectivity index (χ1) is 10.9. The van der Waals surface area contributed by atoms with Crippen LogP contribution in [0.1, 0.15) is 33.6 Å². The molecule has 1 aliphatic rings. The molecule has 4 heteroatoms. The average molecular weight is 331 g/mol. The van der Waals surface area contributed by atoms with Gasteiger partial charge in [-0.25, -0.2) is 4.79 Å². The first-order valence-corrected chi connectivity index (χ1v) is 9.60. The maximum absolute atomic E-state index is 12.0. The summed E-state index contributed by atoms with van der Waals surface area (Å²) in [7, 11) is 0.326. The lowest BCUT2D eigenvalue weighted by molar-refractivity contribution is 0.0209. The summed E-state index contributed by atoms with van der Waals surface area (Å²) in [5.41, 5.74) is -0.557. The SMILES string of the molecule is CC(C)(C)OC(=O)Oc1ccc([S+]2CCCC2)c2ccccc12. The van der Waals surface area contributed by atoms with Crippen LogP contribution >= 0.6 is 0 Å². The molecule has 0 atom stereocenters. The van der Waals surface area contributed by atoms with Crippen LogP contribution in [0.15, 0.2) is 41.3 Å². The van der Waals surface area contributed by atoms with Crippen LogP contribution in [-0.4, -0.2) is 23.3 Å². The van der Waals surface area contributed by atoms with E-state index in [2.05, 4.69) is 12.1 Å². The largest absolute Gasteiger partial charge is 0.514 e. The highest BCUT2D eigenvalue weighted by molar-refractivity contribution is 7.97. The average Bonchev–Trinajstić information content (AvgIpc) is 2.99. The Bertz CT molecular complexity index is 712. The minimum Gasteiger partial charge on any atom is -0.428 e. The molecule has 2 aromatic carbocycles. The van der Waals surface area contributed by atoms with Crippen molar-refractivity contribution in [2.24, 2.45) is 0 Å². The molecule has 1 saturated heterocycles. The minimum atomic E-state index is -0.654. The molecule has 1 heterocycles. The summed E-state index contributed by atoms with van der Waals surface area (Å²) in [5.74, 6) is 3.12. The quantitative estimate of drug-likeness (QED) is 0.445. The monoisotopic (exact) mass is 331 g/mol. The van der Waals surface area contributed by atoms with Crippen LogP contribution in [0.2, 0.25) is 0 Å². The minimum absolute atomic E-state index is 0.326. The highest BCUT2D eigenvalue weighted by atomic mass is 32.2. The lowest BCUT2D eigenvalue weighted by atomic mass is 10.1. The lowest BCUT2D eigenvalue weighted by Crippen LogP contribution is -2.26. The number of hydrogen-bond acceptors (Lipinski definition) is 3. The van der Waals surface area contributed by atoms with Crippen LogP contribution < -0.4 is 4.74 Å². The molecule has 0 radical (unpaired) electrons. The third-order valence-corrected chi connectivity index (χ3v) is 6.31. The zero-order valence-electron chi connectivity index (χ0n) is 13.9. The van der Waals surface area contributed by atoms with Crippen molar-refractivity contribution in [2.75, 3.05) is 11.5 Å². The van der Waals surface area contributed by atoms with Crippen molar-refractivity contribution in [1.82, 2.24) is 0 Å². The van der Waals surface area contributed by atoms with Gasteiger partial charge in [0.15, 0.2) is 4.90 Å². The van der Waals surface area contributed by atoms with Crippen LogP contribution in [0.3, 0.4) is 0 Å². The van der Waals surface area contributed by atoms with E-state index in [1.807, 2.05) is 45.0 Å². The smallest absolute Gasteiger partial charge is 0.428 e. The summed E-state index contributed by atoms with van der Waals surface area (Å²) < 4.78 is 10.7. The number of ether oxygens (including phenoxy) is 2. The summed E-state index contributed by atoms with van der Waals surface area (Å²) in [6, 6.07) is 12.2. The zero-order chi connectivity index (χ0) is 16.4. The van der Waals surface area contributed by atoms with E-state index in [9.17, 15) is 4.79 Å². The second kappa shape index (κ2) is 6.44. The zero-order valence-corrected chi connectivity index (χ0v) is 14.7. The Morgan fingerprint density at radius 3 is 2.30 bits per heavy atom. The van der Waals surface area contributed by atoms with E-state index >= 15 is 0 Å². The van der Waals surface area contributed by atoms with Crippen LogP contribution in [0.5, 0.6) is 5.75 Å². The molecule has 0 amide bonds. The Balaban J connectivity index is 1.93. The Hall–Kier alpha value is -1.68. The van der Waals surface area contributed by atoms with Gasteiger partial charge >= 0.3 is 6.16 Å². The molecule has 0 unspecified atom stereocenters. The molecular formula is C19H23O3S+. The molecule has 0 saturated carbocycles. The predicted octanol–water partition coefficient (Wildman–Crippen LogP) is 4.92. The maximum Gasteiger partial charge on any atom is 0.514 e.